The Morgan fingerprint density at radius 2 is 2.09 bits per heavy atom. The van der Waals surface area contributed by atoms with Crippen LogP contribution in [0.1, 0.15) is 12.8 Å². The van der Waals surface area contributed by atoms with E-state index in [1.807, 2.05) is 0 Å². The van der Waals surface area contributed by atoms with Crippen LogP contribution in [0.5, 0.6) is 5.75 Å². The number of halogens is 1. The smallest absolute Gasteiger partial charge is 0.332 e. The van der Waals surface area contributed by atoms with Gasteiger partial charge in [0.2, 0.25) is 0 Å². The summed E-state index contributed by atoms with van der Waals surface area (Å²) < 4.78 is 29.0. The highest BCUT2D eigenvalue weighted by atomic mass is 19.1. The van der Waals surface area contributed by atoms with Gasteiger partial charge in [-0.1, -0.05) is 0 Å². The number of ether oxygens (including phenoxy) is 3. The molecule has 0 aliphatic carbocycles. The summed E-state index contributed by atoms with van der Waals surface area (Å²) in [6, 6.07) is 4.02. The average molecular weight is 327 g/mol. The van der Waals surface area contributed by atoms with E-state index in [2.05, 4.69) is 5.32 Å². The zero-order valence-electron chi connectivity index (χ0n) is 12.6. The van der Waals surface area contributed by atoms with Gasteiger partial charge in [-0.15, -0.1) is 0 Å². The summed E-state index contributed by atoms with van der Waals surface area (Å²) in [6.45, 7) is 0.549. The van der Waals surface area contributed by atoms with Crippen LogP contribution in [0, 0.1) is 5.82 Å². The lowest BCUT2D eigenvalue weighted by molar-refractivity contribution is -0.150. The first-order valence-electron chi connectivity index (χ1n) is 7.11. The number of nitrogens with one attached hydrogen (secondary N) is 1. The minimum atomic E-state index is -1.09. The van der Waals surface area contributed by atoms with Gasteiger partial charge in [0.25, 0.3) is 5.91 Å². The Balaban J connectivity index is 1.91. The molecule has 0 radical (unpaired) electrons. The van der Waals surface area contributed by atoms with Crippen molar-refractivity contribution in [1.29, 1.82) is 0 Å². The van der Waals surface area contributed by atoms with Gasteiger partial charge in [-0.25, -0.2) is 9.18 Å². The molecular formula is C15H18FNO6. The van der Waals surface area contributed by atoms with Gasteiger partial charge in [-0.2, -0.15) is 0 Å². The molecule has 0 spiro atoms. The Kier molecular flexibility index (Phi) is 5.89. The number of aliphatic carboxylic acids is 1. The molecule has 1 heterocycles. The van der Waals surface area contributed by atoms with Crippen LogP contribution in [0.15, 0.2) is 18.2 Å². The van der Waals surface area contributed by atoms with Crippen LogP contribution in [0.25, 0.3) is 0 Å². The van der Waals surface area contributed by atoms with E-state index in [0.29, 0.717) is 13.0 Å². The summed E-state index contributed by atoms with van der Waals surface area (Å²) in [5.74, 6) is -2.15. The van der Waals surface area contributed by atoms with E-state index in [1.54, 1.807) is 0 Å². The number of rotatable bonds is 7. The van der Waals surface area contributed by atoms with Crippen molar-refractivity contribution < 1.29 is 33.3 Å². The van der Waals surface area contributed by atoms with Gasteiger partial charge in [-0.05, 0) is 25.0 Å². The van der Waals surface area contributed by atoms with Crippen molar-refractivity contribution in [2.45, 2.75) is 25.0 Å². The van der Waals surface area contributed by atoms with E-state index in [1.165, 1.54) is 19.2 Å². The number of carbonyl (C=O) groups is 2. The Hall–Kier alpha value is -2.19. The number of hydrogen-bond donors (Lipinski definition) is 2. The fourth-order valence-electron chi connectivity index (χ4n) is 2.17. The van der Waals surface area contributed by atoms with Crippen LogP contribution in [0.3, 0.4) is 0 Å². The molecule has 23 heavy (non-hydrogen) atoms. The van der Waals surface area contributed by atoms with Gasteiger partial charge in [0, 0.05) is 18.9 Å². The van der Waals surface area contributed by atoms with Crippen LogP contribution in [-0.4, -0.2) is 49.5 Å². The SMILES string of the molecule is COCCOc1ccc(NC(=O)[C@@H]2CC[C@H](C(=O)O)O2)cc1F. The van der Waals surface area contributed by atoms with Crippen molar-refractivity contribution in [2.24, 2.45) is 0 Å². The molecule has 1 aliphatic rings. The van der Waals surface area contributed by atoms with Crippen LogP contribution in [0.4, 0.5) is 10.1 Å². The number of carboxylic acids is 1. The largest absolute Gasteiger partial charge is 0.488 e. The molecule has 1 saturated heterocycles. The van der Waals surface area contributed by atoms with Crippen molar-refractivity contribution in [1.82, 2.24) is 0 Å². The lowest BCUT2D eigenvalue weighted by atomic mass is 10.2. The molecule has 1 aromatic carbocycles. The summed E-state index contributed by atoms with van der Waals surface area (Å²) in [7, 11) is 1.51. The molecule has 1 aliphatic heterocycles. The molecule has 8 heteroatoms. The third-order valence-corrected chi connectivity index (χ3v) is 3.33. The summed E-state index contributed by atoms with van der Waals surface area (Å²) in [5.41, 5.74) is 0.244. The predicted molar refractivity (Wildman–Crippen MR) is 77.9 cm³/mol. The lowest BCUT2D eigenvalue weighted by Gasteiger charge is -2.13. The van der Waals surface area contributed by atoms with Gasteiger partial charge in [0.15, 0.2) is 17.7 Å². The van der Waals surface area contributed by atoms with Gasteiger partial charge in [0.05, 0.1) is 6.61 Å². The van der Waals surface area contributed by atoms with Crippen molar-refractivity contribution in [3.05, 3.63) is 24.0 Å². The minimum absolute atomic E-state index is 0.0584. The summed E-state index contributed by atoms with van der Waals surface area (Å²) in [5, 5.41) is 11.3. The van der Waals surface area contributed by atoms with Crippen molar-refractivity contribution in [2.75, 3.05) is 25.6 Å². The molecule has 1 fully saturated rings. The fraction of sp³-hybridized carbons (Fsp3) is 0.467. The first-order chi connectivity index (χ1) is 11.0. The normalized spacial score (nSPS) is 20.3. The van der Waals surface area contributed by atoms with E-state index in [9.17, 15) is 14.0 Å². The van der Waals surface area contributed by atoms with Gasteiger partial charge in [0.1, 0.15) is 12.7 Å². The van der Waals surface area contributed by atoms with Crippen molar-refractivity contribution in [3.63, 3.8) is 0 Å². The molecule has 0 aromatic heterocycles. The Bertz CT molecular complexity index is 579. The van der Waals surface area contributed by atoms with Gasteiger partial charge >= 0.3 is 5.97 Å². The summed E-state index contributed by atoms with van der Waals surface area (Å²) >= 11 is 0. The van der Waals surface area contributed by atoms with E-state index >= 15 is 0 Å². The molecule has 0 bridgehead atoms. The number of anilines is 1. The van der Waals surface area contributed by atoms with Gasteiger partial charge in [-0.3, -0.25) is 4.79 Å². The third kappa shape index (κ3) is 4.64. The Morgan fingerprint density at radius 1 is 1.35 bits per heavy atom. The second-order valence-corrected chi connectivity index (χ2v) is 5.00. The fourth-order valence-corrected chi connectivity index (χ4v) is 2.17. The number of methoxy groups -OCH3 is 1. The highest BCUT2D eigenvalue weighted by molar-refractivity contribution is 5.94. The molecule has 1 aromatic rings. The van der Waals surface area contributed by atoms with E-state index < -0.39 is 29.9 Å². The zero-order chi connectivity index (χ0) is 16.8. The third-order valence-electron chi connectivity index (χ3n) is 3.33. The quantitative estimate of drug-likeness (QED) is 0.736. The highest BCUT2D eigenvalue weighted by Gasteiger charge is 2.34. The number of hydrogen-bond acceptors (Lipinski definition) is 5. The Labute approximate surface area is 132 Å². The topological polar surface area (TPSA) is 94.1 Å². The lowest BCUT2D eigenvalue weighted by Crippen LogP contribution is -2.29. The van der Waals surface area contributed by atoms with Crippen molar-refractivity contribution >= 4 is 17.6 Å². The van der Waals surface area contributed by atoms with Crippen LogP contribution >= 0.6 is 0 Å². The first kappa shape index (κ1) is 17.2. The molecule has 2 rings (SSSR count). The predicted octanol–water partition coefficient (Wildman–Crippen LogP) is 1.42. The molecule has 1 amide bonds. The summed E-state index contributed by atoms with van der Waals surface area (Å²) in [4.78, 5) is 22.8. The maximum atomic E-state index is 13.8. The highest BCUT2D eigenvalue weighted by Crippen LogP contribution is 2.24. The molecular weight excluding hydrogens is 309 g/mol. The van der Waals surface area contributed by atoms with E-state index in [0.717, 1.165) is 6.07 Å². The van der Waals surface area contributed by atoms with Crippen molar-refractivity contribution in [3.8, 4) is 5.75 Å². The average Bonchev–Trinajstić information content (AvgIpc) is 3.00. The second kappa shape index (κ2) is 7.89. The van der Waals surface area contributed by atoms with Crippen LogP contribution < -0.4 is 10.1 Å². The molecule has 2 N–H and O–H groups in total. The van der Waals surface area contributed by atoms with E-state index in [-0.39, 0.29) is 24.5 Å². The number of carboxylic acid groups (broad SMARTS) is 1. The number of benzene rings is 1. The Morgan fingerprint density at radius 3 is 2.70 bits per heavy atom. The van der Waals surface area contributed by atoms with Crippen LogP contribution in [-0.2, 0) is 19.1 Å². The summed E-state index contributed by atoms with van der Waals surface area (Å²) in [6.07, 6.45) is -1.24. The maximum Gasteiger partial charge on any atom is 0.332 e. The number of amides is 1. The minimum Gasteiger partial charge on any atom is -0.488 e. The molecule has 0 saturated carbocycles. The second-order valence-electron chi connectivity index (χ2n) is 5.00. The molecule has 2 atom stereocenters. The molecule has 7 nitrogen and oxygen atoms in total. The monoisotopic (exact) mass is 327 g/mol. The maximum absolute atomic E-state index is 13.8. The molecule has 0 unspecified atom stereocenters. The van der Waals surface area contributed by atoms with E-state index in [4.69, 9.17) is 19.3 Å². The zero-order valence-corrected chi connectivity index (χ0v) is 12.6. The first-order valence-corrected chi connectivity index (χ1v) is 7.11. The molecule has 126 valence electrons. The van der Waals surface area contributed by atoms with Crippen LogP contribution in [0.2, 0.25) is 0 Å². The standard InChI is InChI=1S/C15H18FNO6/c1-21-6-7-22-11-3-2-9(8-10(11)16)17-14(18)12-4-5-13(23-12)15(19)20/h2-3,8,12-13H,4-7H2,1H3,(H,17,18)(H,19,20)/t12-,13+/m0/s1. The van der Waals surface area contributed by atoms with Gasteiger partial charge < -0.3 is 24.6 Å². The number of carbonyl (C=O) groups excluding carboxylic acids is 1.